The molecule has 19 heavy (non-hydrogen) atoms. The van der Waals surface area contributed by atoms with E-state index in [1.165, 1.54) is 13.2 Å². The molecule has 102 valence electrons. The van der Waals surface area contributed by atoms with Gasteiger partial charge in [-0.15, -0.1) is 0 Å². The van der Waals surface area contributed by atoms with Crippen LogP contribution in [-0.4, -0.2) is 23.4 Å². The van der Waals surface area contributed by atoms with E-state index in [4.69, 9.17) is 4.74 Å². The summed E-state index contributed by atoms with van der Waals surface area (Å²) in [4.78, 5) is 0. The Kier molecular flexibility index (Phi) is 4.16. The molecule has 1 aromatic heterocycles. The molecule has 1 aromatic carbocycles. The lowest BCUT2D eigenvalue weighted by Crippen LogP contribution is -2.24. The number of halogens is 1. The second-order valence-electron chi connectivity index (χ2n) is 4.26. The Bertz CT molecular complexity index is 553. The van der Waals surface area contributed by atoms with E-state index in [1.807, 2.05) is 26.1 Å². The fraction of sp³-hybridized carbons (Fsp3) is 0.357. The zero-order valence-electron chi connectivity index (χ0n) is 11.4. The van der Waals surface area contributed by atoms with Crippen LogP contribution in [0.4, 0.5) is 4.39 Å². The third-order valence-electron chi connectivity index (χ3n) is 3.07. The van der Waals surface area contributed by atoms with E-state index in [9.17, 15) is 4.39 Å². The maximum Gasteiger partial charge on any atom is 0.165 e. The number of rotatable bonds is 5. The van der Waals surface area contributed by atoms with Crippen LogP contribution in [0.2, 0.25) is 0 Å². The average molecular weight is 263 g/mol. The van der Waals surface area contributed by atoms with Gasteiger partial charge in [-0.25, -0.2) is 4.39 Å². The number of methoxy groups -OCH3 is 1. The number of benzene rings is 1. The Hall–Kier alpha value is -1.88. The fourth-order valence-corrected chi connectivity index (χ4v) is 2.13. The minimum atomic E-state index is -0.356. The molecule has 1 atom stereocenters. The topological polar surface area (TPSA) is 39.1 Å². The molecule has 0 fully saturated rings. The highest BCUT2D eigenvalue weighted by Crippen LogP contribution is 2.26. The van der Waals surface area contributed by atoms with Gasteiger partial charge in [-0.1, -0.05) is 13.0 Å². The van der Waals surface area contributed by atoms with Gasteiger partial charge in [-0.05, 0) is 30.3 Å². The summed E-state index contributed by atoms with van der Waals surface area (Å²) in [6.07, 6.45) is 1.74. The van der Waals surface area contributed by atoms with Crippen LogP contribution in [0.3, 0.4) is 0 Å². The van der Waals surface area contributed by atoms with E-state index < -0.39 is 0 Å². The number of aromatic nitrogens is 2. The lowest BCUT2D eigenvalue weighted by atomic mass is 10.0. The quantitative estimate of drug-likeness (QED) is 0.899. The average Bonchev–Trinajstić information content (AvgIpc) is 2.82. The normalized spacial score (nSPS) is 12.4. The molecule has 0 saturated heterocycles. The summed E-state index contributed by atoms with van der Waals surface area (Å²) in [6.45, 7) is 2.80. The fourth-order valence-electron chi connectivity index (χ4n) is 2.13. The van der Waals surface area contributed by atoms with Gasteiger partial charge in [-0.3, -0.25) is 4.68 Å². The minimum absolute atomic E-state index is 0.0853. The third-order valence-corrected chi connectivity index (χ3v) is 3.07. The highest BCUT2D eigenvalue weighted by Gasteiger charge is 2.17. The van der Waals surface area contributed by atoms with Gasteiger partial charge in [0.05, 0.1) is 18.8 Å². The molecule has 0 radical (unpaired) electrons. The standard InChI is InChI=1S/C14H18FN3O/c1-4-16-14(12-7-8-17-18(12)2)10-5-6-13(19-3)11(15)9-10/h5-9,14,16H,4H2,1-3H3. The summed E-state index contributed by atoms with van der Waals surface area (Å²) in [5, 5.41) is 7.50. The van der Waals surface area contributed by atoms with Crippen LogP contribution in [0.5, 0.6) is 5.75 Å². The molecule has 0 amide bonds. The van der Waals surface area contributed by atoms with Crippen LogP contribution in [-0.2, 0) is 7.05 Å². The Morgan fingerprint density at radius 2 is 2.21 bits per heavy atom. The summed E-state index contributed by atoms with van der Waals surface area (Å²) in [5.74, 6) is -0.103. The predicted octanol–water partition coefficient (Wildman–Crippen LogP) is 2.27. The van der Waals surface area contributed by atoms with Crippen LogP contribution < -0.4 is 10.1 Å². The zero-order chi connectivity index (χ0) is 13.8. The number of hydrogen-bond acceptors (Lipinski definition) is 3. The molecular weight excluding hydrogens is 245 g/mol. The zero-order valence-corrected chi connectivity index (χ0v) is 11.4. The van der Waals surface area contributed by atoms with Crippen molar-refractivity contribution in [3.63, 3.8) is 0 Å². The molecule has 0 aliphatic heterocycles. The van der Waals surface area contributed by atoms with Gasteiger partial charge < -0.3 is 10.1 Å². The molecule has 2 rings (SSSR count). The van der Waals surface area contributed by atoms with Gasteiger partial charge >= 0.3 is 0 Å². The summed E-state index contributed by atoms with van der Waals surface area (Å²) in [5.41, 5.74) is 1.84. The molecule has 0 aliphatic carbocycles. The summed E-state index contributed by atoms with van der Waals surface area (Å²) in [6, 6.07) is 6.85. The van der Waals surface area contributed by atoms with E-state index in [2.05, 4.69) is 10.4 Å². The summed E-state index contributed by atoms with van der Waals surface area (Å²) >= 11 is 0. The number of ether oxygens (including phenoxy) is 1. The third kappa shape index (κ3) is 2.76. The van der Waals surface area contributed by atoms with Gasteiger partial charge in [-0.2, -0.15) is 5.10 Å². The van der Waals surface area contributed by atoms with Crippen molar-refractivity contribution in [3.05, 3.63) is 47.5 Å². The second-order valence-corrected chi connectivity index (χ2v) is 4.26. The van der Waals surface area contributed by atoms with Gasteiger partial charge in [0.15, 0.2) is 11.6 Å². The van der Waals surface area contributed by atoms with Gasteiger partial charge in [0.1, 0.15) is 0 Å². The van der Waals surface area contributed by atoms with Crippen molar-refractivity contribution in [3.8, 4) is 5.75 Å². The molecule has 1 heterocycles. The molecule has 1 unspecified atom stereocenters. The first-order chi connectivity index (χ1) is 9.17. The number of hydrogen-bond donors (Lipinski definition) is 1. The van der Waals surface area contributed by atoms with Crippen molar-refractivity contribution >= 4 is 0 Å². The van der Waals surface area contributed by atoms with E-state index in [0.717, 1.165) is 17.8 Å². The first-order valence-electron chi connectivity index (χ1n) is 6.22. The van der Waals surface area contributed by atoms with Gasteiger partial charge in [0.2, 0.25) is 0 Å². The van der Waals surface area contributed by atoms with Crippen molar-refractivity contribution in [1.82, 2.24) is 15.1 Å². The van der Waals surface area contributed by atoms with Crippen molar-refractivity contribution in [2.24, 2.45) is 7.05 Å². The van der Waals surface area contributed by atoms with Crippen molar-refractivity contribution in [1.29, 1.82) is 0 Å². The maximum atomic E-state index is 13.8. The first kappa shape index (κ1) is 13.5. The predicted molar refractivity (Wildman–Crippen MR) is 71.7 cm³/mol. The van der Waals surface area contributed by atoms with Crippen molar-refractivity contribution < 1.29 is 9.13 Å². The van der Waals surface area contributed by atoms with E-state index >= 15 is 0 Å². The Morgan fingerprint density at radius 3 is 2.74 bits per heavy atom. The molecular formula is C14H18FN3O. The molecule has 0 saturated carbocycles. The number of nitrogens with zero attached hydrogens (tertiary/aromatic N) is 2. The first-order valence-corrected chi connectivity index (χ1v) is 6.22. The summed E-state index contributed by atoms with van der Waals surface area (Å²) < 4.78 is 20.5. The molecule has 5 heteroatoms. The van der Waals surface area contributed by atoms with Crippen LogP contribution >= 0.6 is 0 Å². The monoisotopic (exact) mass is 263 g/mol. The lowest BCUT2D eigenvalue weighted by molar-refractivity contribution is 0.385. The minimum Gasteiger partial charge on any atom is -0.494 e. The lowest BCUT2D eigenvalue weighted by Gasteiger charge is -2.19. The smallest absolute Gasteiger partial charge is 0.165 e. The Labute approximate surface area is 112 Å². The Morgan fingerprint density at radius 1 is 1.42 bits per heavy atom. The second kappa shape index (κ2) is 5.84. The molecule has 4 nitrogen and oxygen atoms in total. The molecule has 0 bridgehead atoms. The van der Waals surface area contributed by atoms with E-state index in [-0.39, 0.29) is 17.6 Å². The molecule has 2 aromatic rings. The van der Waals surface area contributed by atoms with E-state index in [1.54, 1.807) is 16.9 Å². The highest BCUT2D eigenvalue weighted by molar-refractivity contribution is 5.34. The molecule has 0 spiro atoms. The van der Waals surface area contributed by atoms with E-state index in [0.29, 0.717) is 0 Å². The molecule has 0 aliphatic rings. The van der Waals surface area contributed by atoms with Crippen LogP contribution in [0.1, 0.15) is 24.2 Å². The Balaban J connectivity index is 2.39. The maximum absolute atomic E-state index is 13.8. The van der Waals surface area contributed by atoms with Crippen molar-refractivity contribution in [2.75, 3.05) is 13.7 Å². The van der Waals surface area contributed by atoms with Crippen LogP contribution in [0.15, 0.2) is 30.5 Å². The molecule has 1 N–H and O–H groups in total. The number of nitrogens with one attached hydrogen (secondary N) is 1. The summed E-state index contributed by atoms with van der Waals surface area (Å²) in [7, 11) is 3.33. The van der Waals surface area contributed by atoms with Crippen molar-refractivity contribution in [2.45, 2.75) is 13.0 Å². The van der Waals surface area contributed by atoms with Gasteiger partial charge in [0, 0.05) is 13.2 Å². The van der Waals surface area contributed by atoms with Gasteiger partial charge in [0.25, 0.3) is 0 Å². The largest absolute Gasteiger partial charge is 0.494 e. The number of aryl methyl sites for hydroxylation is 1. The highest BCUT2D eigenvalue weighted by atomic mass is 19.1. The SMILES string of the molecule is CCNC(c1ccc(OC)c(F)c1)c1ccnn1C. The van der Waals surface area contributed by atoms with Crippen LogP contribution in [0, 0.1) is 5.82 Å². The van der Waals surface area contributed by atoms with Crippen LogP contribution in [0.25, 0.3) is 0 Å².